The first-order chi connectivity index (χ1) is 8.61. The summed E-state index contributed by atoms with van der Waals surface area (Å²) in [6.45, 7) is 0. The van der Waals surface area contributed by atoms with Gasteiger partial charge < -0.3 is 16.6 Å². The number of rotatable bonds is 8. The van der Waals surface area contributed by atoms with E-state index in [0.717, 1.165) is 35.6 Å². The van der Waals surface area contributed by atoms with Crippen molar-refractivity contribution in [2.45, 2.75) is 36.6 Å². The molecule has 4 nitrogen and oxygen atoms in total. The van der Waals surface area contributed by atoms with Gasteiger partial charge in [0.25, 0.3) is 0 Å². The standard InChI is InChI=1S/C13H20N2O2S/c14-10-6-3-4-8-12(10)18-9-5-1-2-7-11(15)13(16)17/h3-4,6,8,11H,1-2,5,7,9,14-15H2,(H,16,17)/t11-/m0/s1. The SMILES string of the molecule is Nc1ccccc1SCCCCC[C@H](N)C(=O)O. The molecule has 0 amide bonds. The van der Waals surface area contributed by atoms with Crippen LogP contribution in [-0.2, 0) is 4.79 Å². The van der Waals surface area contributed by atoms with Crippen molar-refractivity contribution in [3.05, 3.63) is 24.3 Å². The van der Waals surface area contributed by atoms with E-state index in [0.29, 0.717) is 6.42 Å². The molecule has 1 atom stereocenters. The number of benzene rings is 1. The van der Waals surface area contributed by atoms with Crippen molar-refractivity contribution >= 4 is 23.4 Å². The molecule has 5 heteroatoms. The van der Waals surface area contributed by atoms with Crippen molar-refractivity contribution in [3.8, 4) is 0 Å². The van der Waals surface area contributed by atoms with Crippen LogP contribution in [0, 0.1) is 0 Å². The summed E-state index contributed by atoms with van der Waals surface area (Å²) in [6, 6.07) is 7.09. The van der Waals surface area contributed by atoms with E-state index in [-0.39, 0.29) is 0 Å². The molecule has 0 radical (unpaired) electrons. The van der Waals surface area contributed by atoms with Crippen molar-refractivity contribution < 1.29 is 9.90 Å². The number of thioether (sulfide) groups is 1. The molecular weight excluding hydrogens is 248 g/mol. The lowest BCUT2D eigenvalue weighted by atomic mass is 10.1. The average molecular weight is 268 g/mol. The number of aliphatic carboxylic acids is 1. The molecule has 0 aliphatic heterocycles. The molecule has 0 fully saturated rings. The zero-order chi connectivity index (χ0) is 13.4. The largest absolute Gasteiger partial charge is 0.480 e. The van der Waals surface area contributed by atoms with Gasteiger partial charge in [-0.2, -0.15) is 0 Å². The Morgan fingerprint density at radius 2 is 2.00 bits per heavy atom. The zero-order valence-electron chi connectivity index (χ0n) is 10.3. The van der Waals surface area contributed by atoms with Crippen LogP contribution in [0.5, 0.6) is 0 Å². The van der Waals surface area contributed by atoms with E-state index in [1.807, 2.05) is 24.3 Å². The lowest BCUT2D eigenvalue weighted by Crippen LogP contribution is -2.29. The van der Waals surface area contributed by atoms with Gasteiger partial charge in [0, 0.05) is 10.6 Å². The van der Waals surface area contributed by atoms with Gasteiger partial charge in [0.1, 0.15) is 6.04 Å². The number of hydrogen-bond donors (Lipinski definition) is 3. The van der Waals surface area contributed by atoms with Crippen LogP contribution in [0.3, 0.4) is 0 Å². The van der Waals surface area contributed by atoms with Gasteiger partial charge in [0.2, 0.25) is 0 Å². The van der Waals surface area contributed by atoms with E-state index in [2.05, 4.69) is 0 Å². The highest BCUT2D eigenvalue weighted by molar-refractivity contribution is 7.99. The molecule has 0 unspecified atom stereocenters. The maximum absolute atomic E-state index is 10.5. The lowest BCUT2D eigenvalue weighted by Gasteiger charge is -2.06. The summed E-state index contributed by atoms with van der Waals surface area (Å²) in [6.07, 6.45) is 3.46. The van der Waals surface area contributed by atoms with Gasteiger partial charge in [0.15, 0.2) is 0 Å². The van der Waals surface area contributed by atoms with Crippen molar-refractivity contribution in [1.82, 2.24) is 0 Å². The number of carboxylic acids is 1. The van der Waals surface area contributed by atoms with Crippen LogP contribution in [0.2, 0.25) is 0 Å². The second kappa shape index (κ2) is 8.00. The Labute approximate surface area is 112 Å². The molecule has 0 saturated carbocycles. The van der Waals surface area contributed by atoms with Crippen molar-refractivity contribution in [2.24, 2.45) is 5.73 Å². The number of carboxylic acid groups (broad SMARTS) is 1. The highest BCUT2D eigenvalue weighted by Crippen LogP contribution is 2.25. The molecule has 0 heterocycles. The Balaban J connectivity index is 2.09. The summed E-state index contributed by atoms with van der Waals surface area (Å²) in [4.78, 5) is 11.6. The topological polar surface area (TPSA) is 89.3 Å². The minimum atomic E-state index is -0.915. The second-order valence-electron chi connectivity index (χ2n) is 4.18. The fourth-order valence-electron chi connectivity index (χ4n) is 1.56. The van der Waals surface area contributed by atoms with Gasteiger partial charge in [0.05, 0.1) is 0 Å². The van der Waals surface area contributed by atoms with Crippen LogP contribution in [0.1, 0.15) is 25.7 Å². The first-order valence-corrected chi connectivity index (χ1v) is 7.05. The predicted molar refractivity (Wildman–Crippen MR) is 75.7 cm³/mol. The first kappa shape index (κ1) is 14.9. The molecular formula is C13H20N2O2S. The van der Waals surface area contributed by atoms with E-state index in [1.54, 1.807) is 11.8 Å². The van der Waals surface area contributed by atoms with Gasteiger partial charge in [-0.3, -0.25) is 4.79 Å². The lowest BCUT2D eigenvalue weighted by molar-refractivity contribution is -0.138. The first-order valence-electron chi connectivity index (χ1n) is 6.07. The number of unbranched alkanes of at least 4 members (excludes halogenated alkanes) is 2. The fraction of sp³-hybridized carbons (Fsp3) is 0.462. The van der Waals surface area contributed by atoms with E-state index >= 15 is 0 Å². The summed E-state index contributed by atoms with van der Waals surface area (Å²) in [5.74, 6) is 0.0812. The highest BCUT2D eigenvalue weighted by Gasteiger charge is 2.09. The van der Waals surface area contributed by atoms with Gasteiger partial charge in [-0.05, 0) is 30.7 Å². The Hall–Kier alpha value is -1.20. The maximum Gasteiger partial charge on any atom is 0.320 e. The van der Waals surface area contributed by atoms with E-state index < -0.39 is 12.0 Å². The number of anilines is 1. The van der Waals surface area contributed by atoms with Crippen LogP contribution >= 0.6 is 11.8 Å². The normalized spacial score (nSPS) is 12.3. The number of nitrogens with two attached hydrogens (primary N) is 2. The van der Waals surface area contributed by atoms with Gasteiger partial charge in [-0.1, -0.05) is 25.0 Å². The zero-order valence-corrected chi connectivity index (χ0v) is 11.2. The molecule has 1 rings (SSSR count). The molecule has 1 aromatic rings. The third kappa shape index (κ3) is 5.42. The second-order valence-corrected chi connectivity index (χ2v) is 5.32. The molecule has 0 saturated heterocycles. The maximum atomic E-state index is 10.5. The summed E-state index contributed by atoms with van der Waals surface area (Å²) >= 11 is 1.74. The summed E-state index contributed by atoms with van der Waals surface area (Å²) < 4.78 is 0. The van der Waals surface area contributed by atoms with E-state index in [9.17, 15) is 4.79 Å². The number of carbonyl (C=O) groups is 1. The summed E-state index contributed by atoms with van der Waals surface area (Å²) in [5, 5.41) is 8.62. The van der Waals surface area contributed by atoms with Crippen molar-refractivity contribution in [3.63, 3.8) is 0 Å². The van der Waals surface area contributed by atoms with Crippen LogP contribution in [0.15, 0.2) is 29.2 Å². The average Bonchev–Trinajstić information content (AvgIpc) is 2.35. The highest BCUT2D eigenvalue weighted by atomic mass is 32.2. The Morgan fingerprint density at radius 1 is 1.28 bits per heavy atom. The van der Waals surface area contributed by atoms with E-state index in [1.165, 1.54) is 0 Å². The third-order valence-corrected chi connectivity index (χ3v) is 3.83. The third-order valence-electron chi connectivity index (χ3n) is 2.65. The summed E-state index contributed by atoms with van der Waals surface area (Å²) in [5.41, 5.74) is 12.1. The smallest absolute Gasteiger partial charge is 0.320 e. The molecule has 0 aliphatic rings. The Kier molecular flexibility index (Phi) is 6.60. The van der Waals surface area contributed by atoms with E-state index in [4.69, 9.17) is 16.6 Å². The monoisotopic (exact) mass is 268 g/mol. The molecule has 18 heavy (non-hydrogen) atoms. The molecule has 0 spiro atoms. The Bertz CT molecular complexity index is 385. The van der Waals surface area contributed by atoms with Crippen molar-refractivity contribution in [2.75, 3.05) is 11.5 Å². The van der Waals surface area contributed by atoms with Gasteiger partial charge in [-0.15, -0.1) is 11.8 Å². The van der Waals surface area contributed by atoms with Crippen LogP contribution in [0.4, 0.5) is 5.69 Å². The van der Waals surface area contributed by atoms with Crippen LogP contribution < -0.4 is 11.5 Å². The van der Waals surface area contributed by atoms with Gasteiger partial charge >= 0.3 is 5.97 Å². The molecule has 0 aliphatic carbocycles. The Morgan fingerprint density at radius 3 is 2.67 bits per heavy atom. The predicted octanol–water partition coefficient (Wildman–Crippen LogP) is 2.33. The molecule has 0 bridgehead atoms. The number of para-hydroxylation sites is 1. The molecule has 0 aromatic heterocycles. The number of hydrogen-bond acceptors (Lipinski definition) is 4. The molecule has 5 N–H and O–H groups in total. The molecule has 1 aromatic carbocycles. The minimum Gasteiger partial charge on any atom is -0.480 e. The summed E-state index contributed by atoms with van der Waals surface area (Å²) in [7, 11) is 0. The minimum absolute atomic E-state index is 0.549. The number of nitrogen functional groups attached to an aromatic ring is 1. The van der Waals surface area contributed by atoms with Gasteiger partial charge in [-0.25, -0.2) is 0 Å². The van der Waals surface area contributed by atoms with Crippen molar-refractivity contribution in [1.29, 1.82) is 0 Å². The van der Waals surface area contributed by atoms with Crippen LogP contribution in [0.25, 0.3) is 0 Å². The fourth-order valence-corrected chi connectivity index (χ4v) is 2.54. The van der Waals surface area contributed by atoms with Crippen LogP contribution in [-0.4, -0.2) is 22.9 Å². The molecule has 100 valence electrons. The quantitative estimate of drug-likeness (QED) is 0.382.